The van der Waals surface area contributed by atoms with E-state index in [1.807, 2.05) is 36.1 Å². The van der Waals surface area contributed by atoms with Crippen LogP contribution in [0.3, 0.4) is 0 Å². The highest BCUT2D eigenvalue weighted by atomic mass is 16.5. The summed E-state index contributed by atoms with van der Waals surface area (Å²) in [6.07, 6.45) is 3.79. The number of hydrogen-bond acceptors (Lipinski definition) is 3. The Morgan fingerprint density at radius 2 is 2.22 bits per heavy atom. The van der Waals surface area contributed by atoms with E-state index in [1.165, 1.54) is 5.56 Å². The van der Waals surface area contributed by atoms with E-state index < -0.39 is 0 Å². The molecule has 96 valence electrons. The van der Waals surface area contributed by atoms with Crippen LogP contribution in [-0.4, -0.2) is 16.9 Å². The van der Waals surface area contributed by atoms with Gasteiger partial charge in [-0.2, -0.15) is 5.10 Å². The Balaban J connectivity index is 2.24. The van der Waals surface area contributed by atoms with Gasteiger partial charge in [-0.3, -0.25) is 4.68 Å². The van der Waals surface area contributed by atoms with E-state index in [0.717, 1.165) is 16.9 Å². The monoisotopic (exact) mass is 245 g/mol. The molecule has 0 aliphatic heterocycles. The minimum absolute atomic E-state index is 0.0122. The molecule has 1 heterocycles. The van der Waals surface area contributed by atoms with Crippen molar-refractivity contribution in [3.05, 3.63) is 47.3 Å². The van der Waals surface area contributed by atoms with E-state index in [0.29, 0.717) is 6.54 Å². The summed E-state index contributed by atoms with van der Waals surface area (Å²) in [6, 6.07) is 6.16. The SMILES string of the molecule is COc1ccc(C)cc1Cn1cc(C(C)N)cn1. The number of rotatable bonds is 4. The molecule has 1 aromatic heterocycles. The van der Waals surface area contributed by atoms with Crippen LogP contribution in [0.2, 0.25) is 0 Å². The van der Waals surface area contributed by atoms with Crippen LogP contribution < -0.4 is 10.5 Å². The second-order valence-corrected chi connectivity index (χ2v) is 4.58. The predicted molar refractivity (Wildman–Crippen MR) is 71.7 cm³/mol. The third-order valence-corrected chi connectivity index (χ3v) is 2.95. The summed E-state index contributed by atoms with van der Waals surface area (Å²) in [7, 11) is 1.69. The van der Waals surface area contributed by atoms with Crippen LogP contribution in [0, 0.1) is 6.92 Å². The van der Waals surface area contributed by atoms with Crippen molar-refractivity contribution >= 4 is 0 Å². The van der Waals surface area contributed by atoms with Crippen molar-refractivity contribution in [2.45, 2.75) is 26.4 Å². The van der Waals surface area contributed by atoms with Gasteiger partial charge < -0.3 is 10.5 Å². The molecule has 0 radical (unpaired) electrons. The first-order chi connectivity index (χ1) is 8.60. The summed E-state index contributed by atoms with van der Waals surface area (Å²) in [5, 5.41) is 4.32. The summed E-state index contributed by atoms with van der Waals surface area (Å²) in [5.41, 5.74) is 9.20. The van der Waals surface area contributed by atoms with Crippen LogP contribution in [0.1, 0.15) is 29.7 Å². The predicted octanol–water partition coefficient (Wildman–Crippen LogP) is 2.27. The van der Waals surface area contributed by atoms with Gasteiger partial charge in [0.05, 0.1) is 19.9 Å². The highest BCUT2D eigenvalue weighted by molar-refractivity contribution is 5.37. The van der Waals surface area contributed by atoms with Gasteiger partial charge in [0.2, 0.25) is 0 Å². The molecule has 0 aliphatic carbocycles. The zero-order chi connectivity index (χ0) is 13.1. The van der Waals surface area contributed by atoms with Gasteiger partial charge in [-0.15, -0.1) is 0 Å². The summed E-state index contributed by atoms with van der Waals surface area (Å²) in [6.45, 7) is 4.71. The molecule has 2 aromatic rings. The number of methoxy groups -OCH3 is 1. The zero-order valence-electron chi connectivity index (χ0n) is 11.1. The van der Waals surface area contributed by atoms with Crippen molar-refractivity contribution in [3.8, 4) is 5.75 Å². The Labute approximate surface area is 107 Å². The maximum atomic E-state index is 5.82. The van der Waals surface area contributed by atoms with Crippen LogP contribution in [0.25, 0.3) is 0 Å². The summed E-state index contributed by atoms with van der Waals surface area (Å²) < 4.78 is 7.25. The minimum atomic E-state index is 0.0122. The average molecular weight is 245 g/mol. The number of nitrogens with zero attached hydrogens (tertiary/aromatic N) is 2. The van der Waals surface area contributed by atoms with Crippen molar-refractivity contribution in [2.24, 2.45) is 5.73 Å². The fraction of sp³-hybridized carbons (Fsp3) is 0.357. The van der Waals surface area contributed by atoms with E-state index >= 15 is 0 Å². The van der Waals surface area contributed by atoms with E-state index in [-0.39, 0.29) is 6.04 Å². The molecule has 0 saturated carbocycles. The third-order valence-electron chi connectivity index (χ3n) is 2.95. The summed E-state index contributed by atoms with van der Waals surface area (Å²) in [4.78, 5) is 0. The fourth-order valence-electron chi connectivity index (χ4n) is 1.91. The third kappa shape index (κ3) is 2.71. The number of aryl methyl sites for hydroxylation is 1. The Hall–Kier alpha value is -1.81. The Morgan fingerprint density at radius 3 is 2.83 bits per heavy atom. The Kier molecular flexibility index (Phi) is 3.67. The molecule has 0 saturated heterocycles. The molecule has 1 unspecified atom stereocenters. The molecule has 18 heavy (non-hydrogen) atoms. The van der Waals surface area contributed by atoms with Crippen molar-refractivity contribution < 1.29 is 4.74 Å². The number of benzene rings is 1. The molecule has 1 aromatic carbocycles. The van der Waals surface area contributed by atoms with Gasteiger partial charge in [0.25, 0.3) is 0 Å². The number of aromatic nitrogens is 2. The molecular weight excluding hydrogens is 226 g/mol. The van der Waals surface area contributed by atoms with Crippen molar-refractivity contribution in [2.75, 3.05) is 7.11 Å². The van der Waals surface area contributed by atoms with Gasteiger partial charge in [0.15, 0.2) is 0 Å². The lowest BCUT2D eigenvalue weighted by atomic mass is 10.1. The van der Waals surface area contributed by atoms with E-state index in [1.54, 1.807) is 7.11 Å². The number of nitrogens with two attached hydrogens (primary N) is 1. The van der Waals surface area contributed by atoms with E-state index in [9.17, 15) is 0 Å². The number of hydrogen-bond donors (Lipinski definition) is 1. The highest BCUT2D eigenvalue weighted by Crippen LogP contribution is 2.21. The smallest absolute Gasteiger partial charge is 0.123 e. The van der Waals surface area contributed by atoms with Gasteiger partial charge in [-0.05, 0) is 19.9 Å². The first-order valence-corrected chi connectivity index (χ1v) is 6.01. The van der Waals surface area contributed by atoms with Crippen molar-refractivity contribution in [1.82, 2.24) is 9.78 Å². The van der Waals surface area contributed by atoms with Crippen molar-refractivity contribution in [1.29, 1.82) is 0 Å². The molecule has 2 N–H and O–H groups in total. The highest BCUT2D eigenvalue weighted by Gasteiger charge is 2.07. The summed E-state index contributed by atoms with van der Waals surface area (Å²) in [5.74, 6) is 0.887. The average Bonchev–Trinajstić information content (AvgIpc) is 2.78. The second-order valence-electron chi connectivity index (χ2n) is 4.58. The van der Waals surface area contributed by atoms with Gasteiger partial charge in [-0.1, -0.05) is 17.7 Å². The van der Waals surface area contributed by atoms with Gasteiger partial charge in [0.1, 0.15) is 5.75 Å². The minimum Gasteiger partial charge on any atom is -0.496 e. The second kappa shape index (κ2) is 5.23. The molecular formula is C14H19N3O. The maximum Gasteiger partial charge on any atom is 0.123 e. The van der Waals surface area contributed by atoms with Gasteiger partial charge in [-0.25, -0.2) is 0 Å². The zero-order valence-corrected chi connectivity index (χ0v) is 11.1. The largest absolute Gasteiger partial charge is 0.496 e. The van der Waals surface area contributed by atoms with Crippen molar-refractivity contribution in [3.63, 3.8) is 0 Å². The Bertz CT molecular complexity index is 532. The van der Waals surface area contributed by atoms with Crippen LogP contribution in [0.5, 0.6) is 5.75 Å². The quantitative estimate of drug-likeness (QED) is 0.899. The van der Waals surface area contributed by atoms with Crippen LogP contribution in [0.15, 0.2) is 30.6 Å². The molecule has 0 amide bonds. The molecule has 0 spiro atoms. The molecule has 4 nitrogen and oxygen atoms in total. The standard InChI is InChI=1S/C14H19N3O/c1-10-4-5-14(18-3)12(6-10)8-17-9-13(7-16-17)11(2)15/h4-7,9,11H,8,15H2,1-3H3. The first-order valence-electron chi connectivity index (χ1n) is 6.01. The molecule has 0 bridgehead atoms. The molecule has 1 atom stereocenters. The Morgan fingerprint density at radius 1 is 1.44 bits per heavy atom. The molecule has 2 rings (SSSR count). The number of ether oxygens (including phenoxy) is 1. The van der Waals surface area contributed by atoms with E-state index in [2.05, 4.69) is 18.1 Å². The molecule has 0 aliphatic rings. The lowest BCUT2D eigenvalue weighted by Crippen LogP contribution is -2.05. The molecule has 4 heteroatoms. The molecule has 0 fully saturated rings. The normalized spacial score (nSPS) is 12.4. The summed E-state index contributed by atoms with van der Waals surface area (Å²) >= 11 is 0. The lowest BCUT2D eigenvalue weighted by Gasteiger charge is -2.09. The fourth-order valence-corrected chi connectivity index (χ4v) is 1.91. The maximum absolute atomic E-state index is 5.82. The van der Waals surface area contributed by atoms with Gasteiger partial charge in [0, 0.05) is 23.4 Å². The first kappa shape index (κ1) is 12.6. The topological polar surface area (TPSA) is 53.1 Å². The van der Waals surface area contributed by atoms with Crippen LogP contribution in [0.4, 0.5) is 0 Å². The van der Waals surface area contributed by atoms with E-state index in [4.69, 9.17) is 10.5 Å². The lowest BCUT2D eigenvalue weighted by molar-refractivity contribution is 0.407. The van der Waals surface area contributed by atoms with Crippen LogP contribution in [-0.2, 0) is 6.54 Å². The van der Waals surface area contributed by atoms with Crippen LogP contribution >= 0.6 is 0 Å². The van der Waals surface area contributed by atoms with Gasteiger partial charge >= 0.3 is 0 Å².